The highest BCUT2D eigenvalue weighted by atomic mass is 16.5. The molecular weight excluding hydrogens is 320 g/mol. The van der Waals surface area contributed by atoms with E-state index in [1.54, 1.807) is 37.3 Å². The predicted octanol–water partition coefficient (Wildman–Crippen LogP) is 1.99. The van der Waals surface area contributed by atoms with Gasteiger partial charge in [-0.15, -0.1) is 0 Å². The summed E-state index contributed by atoms with van der Waals surface area (Å²) in [6, 6.07) is 3.36. The maximum atomic E-state index is 12.2. The minimum absolute atomic E-state index is 0.0580. The summed E-state index contributed by atoms with van der Waals surface area (Å²) in [5.41, 5.74) is 0.437. The van der Waals surface area contributed by atoms with Crippen LogP contribution in [0.25, 0.3) is 0 Å². The average molecular weight is 348 g/mol. The number of amides is 3. The topological polar surface area (TPSA) is 74.8 Å². The lowest BCUT2D eigenvalue weighted by Crippen LogP contribution is -2.40. The van der Waals surface area contributed by atoms with E-state index in [0.29, 0.717) is 37.0 Å². The lowest BCUT2D eigenvalue weighted by molar-refractivity contribution is 0.0818. The Bertz CT molecular complexity index is 604. The standard InChI is InChI=1S/C18H28N4O3/c1-13(2)7-10-20-18(24)22-11-8-14(12-22)25-16-15(6-5-9-19-16)17(23)21(3)4/h5-6,9,13-14H,7-8,10-12H2,1-4H3,(H,20,24). The first-order valence-corrected chi connectivity index (χ1v) is 8.74. The Morgan fingerprint density at radius 1 is 1.44 bits per heavy atom. The molecule has 1 aromatic heterocycles. The van der Waals surface area contributed by atoms with Crippen molar-refractivity contribution in [3.05, 3.63) is 23.9 Å². The van der Waals surface area contributed by atoms with Gasteiger partial charge in [0, 0.05) is 39.8 Å². The van der Waals surface area contributed by atoms with Crippen LogP contribution in [0.3, 0.4) is 0 Å². The van der Waals surface area contributed by atoms with Gasteiger partial charge in [0.05, 0.1) is 6.54 Å². The fourth-order valence-electron chi connectivity index (χ4n) is 2.63. The Balaban J connectivity index is 1.91. The largest absolute Gasteiger partial charge is 0.472 e. The van der Waals surface area contributed by atoms with Crippen LogP contribution in [0.5, 0.6) is 5.88 Å². The van der Waals surface area contributed by atoms with Crippen LogP contribution in [-0.4, -0.2) is 66.6 Å². The van der Waals surface area contributed by atoms with Gasteiger partial charge in [0.1, 0.15) is 11.7 Å². The van der Waals surface area contributed by atoms with E-state index in [0.717, 1.165) is 12.8 Å². The molecule has 0 saturated carbocycles. The number of hydrogen-bond acceptors (Lipinski definition) is 4. The molecule has 0 spiro atoms. The lowest BCUT2D eigenvalue weighted by Gasteiger charge is -2.19. The molecule has 1 fully saturated rings. The van der Waals surface area contributed by atoms with Crippen molar-refractivity contribution in [3.63, 3.8) is 0 Å². The molecule has 1 atom stereocenters. The molecule has 0 bridgehead atoms. The normalized spacial score (nSPS) is 16.8. The second kappa shape index (κ2) is 8.69. The summed E-state index contributed by atoms with van der Waals surface area (Å²) in [5, 5.41) is 2.94. The minimum Gasteiger partial charge on any atom is -0.472 e. The van der Waals surface area contributed by atoms with Gasteiger partial charge in [-0.2, -0.15) is 0 Å². The number of urea groups is 1. The third-order valence-corrected chi connectivity index (χ3v) is 4.12. The number of aromatic nitrogens is 1. The Labute approximate surface area is 149 Å². The molecule has 1 aromatic rings. The molecule has 1 aliphatic heterocycles. The number of hydrogen-bond donors (Lipinski definition) is 1. The van der Waals surface area contributed by atoms with Gasteiger partial charge < -0.3 is 19.9 Å². The zero-order chi connectivity index (χ0) is 18.4. The maximum absolute atomic E-state index is 12.2. The monoisotopic (exact) mass is 348 g/mol. The van der Waals surface area contributed by atoms with E-state index in [-0.39, 0.29) is 18.0 Å². The molecule has 0 aliphatic carbocycles. The number of pyridine rings is 1. The van der Waals surface area contributed by atoms with Crippen LogP contribution in [0.2, 0.25) is 0 Å². The average Bonchev–Trinajstić information content (AvgIpc) is 3.03. The predicted molar refractivity (Wildman–Crippen MR) is 95.7 cm³/mol. The molecule has 7 nitrogen and oxygen atoms in total. The van der Waals surface area contributed by atoms with Crippen molar-refractivity contribution in [2.45, 2.75) is 32.8 Å². The number of rotatable bonds is 6. The Morgan fingerprint density at radius 2 is 2.20 bits per heavy atom. The van der Waals surface area contributed by atoms with Gasteiger partial charge in [-0.25, -0.2) is 9.78 Å². The lowest BCUT2D eigenvalue weighted by atomic mass is 10.1. The summed E-state index contributed by atoms with van der Waals surface area (Å²) < 4.78 is 5.92. The van der Waals surface area contributed by atoms with Gasteiger partial charge in [-0.1, -0.05) is 13.8 Å². The van der Waals surface area contributed by atoms with Crippen molar-refractivity contribution in [2.24, 2.45) is 5.92 Å². The third-order valence-electron chi connectivity index (χ3n) is 4.12. The smallest absolute Gasteiger partial charge is 0.317 e. The highest BCUT2D eigenvalue weighted by molar-refractivity contribution is 5.96. The van der Waals surface area contributed by atoms with Crippen LogP contribution in [0.1, 0.15) is 37.0 Å². The minimum atomic E-state index is -0.153. The van der Waals surface area contributed by atoms with Crippen molar-refractivity contribution < 1.29 is 14.3 Å². The number of nitrogens with one attached hydrogen (secondary N) is 1. The number of nitrogens with zero attached hydrogens (tertiary/aromatic N) is 3. The fourth-order valence-corrected chi connectivity index (χ4v) is 2.63. The first kappa shape index (κ1) is 19.0. The Morgan fingerprint density at radius 3 is 2.88 bits per heavy atom. The number of carbonyl (C=O) groups excluding carboxylic acids is 2. The Kier molecular flexibility index (Phi) is 6.61. The molecule has 2 heterocycles. The van der Waals surface area contributed by atoms with Gasteiger partial charge in [-0.05, 0) is 24.5 Å². The first-order valence-electron chi connectivity index (χ1n) is 8.74. The van der Waals surface area contributed by atoms with E-state index in [9.17, 15) is 9.59 Å². The van der Waals surface area contributed by atoms with Crippen LogP contribution in [0.4, 0.5) is 4.79 Å². The molecular formula is C18H28N4O3. The van der Waals surface area contributed by atoms with Crippen LogP contribution in [-0.2, 0) is 0 Å². The second-order valence-corrected chi connectivity index (χ2v) is 6.94. The van der Waals surface area contributed by atoms with Gasteiger partial charge in [0.25, 0.3) is 5.91 Å². The summed E-state index contributed by atoms with van der Waals surface area (Å²) in [6.07, 6.45) is 3.14. The highest BCUT2D eigenvalue weighted by Crippen LogP contribution is 2.21. The number of likely N-dealkylation sites (tertiary alicyclic amines) is 1. The van der Waals surface area contributed by atoms with Gasteiger partial charge >= 0.3 is 6.03 Å². The molecule has 25 heavy (non-hydrogen) atoms. The van der Waals surface area contributed by atoms with E-state index < -0.39 is 0 Å². The maximum Gasteiger partial charge on any atom is 0.317 e. The van der Waals surface area contributed by atoms with Crippen LogP contribution >= 0.6 is 0 Å². The summed E-state index contributed by atoms with van der Waals surface area (Å²) >= 11 is 0. The molecule has 7 heteroatoms. The molecule has 3 amide bonds. The third kappa shape index (κ3) is 5.34. The van der Waals surface area contributed by atoms with E-state index in [1.165, 1.54) is 4.90 Å². The van der Waals surface area contributed by atoms with Crippen molar-refractivity contribution in [1.29, 1.82) is 0 Å². The summed E-state index contributed by atoms with van der Waals surface area (Å²) in [5.74, 6) is 0.740. The van der Waals surface area contributed by atoms with E-state index in [1.807, 2.05) is 0 Å². The SMILES string of the molecule is CC(C)CCNC(=O)N1CCC(Oc2ncccc2C(=O)N(C)C)C1. The van der Waals surface area contributed by atoms with Crippen molar-refractivity contribution >= 4 is 11.9 Å². The molecule has 1 N–H and O–H groups in total. The molecule has 0 radical (unpaired) electrons. The van der Waals surface area contributed by atoms with E-state index in [4.69, 9.17) is 4.74 Å². The second-order valence-electron chi connectivity index (χ2n) is 6.94. The fraction of sp³-hybridized carbons (Fsp3) is 0.611. The van der Waals surface area contributed by atoms with Crippen LogP contribution < -0.4 is 10.1 Å². The van der Waals surface area contributed by atoms with Gasteiger partial charge in [-0.3, -0.25) is 4.79 Å². The molecule has 0 aromatic carbocycles. The van der Waals surface area contributed by atoms with E-state index >= 15 is 0 Å². The van der Waals surface area contributed by atoms with Crippen LogP contribution in [0.15, 0.2) is 18.3 Å². The summed E-state index contributed by atoms with van der Waals surface area (Å²) in [4.78, 5) is 31.8. The quantitative estimate of drug-likeness (QED) is 0.853. The number of ether oxygens (including phenoxy) is 1. The van der Waals surface area contributed by atoms with Crippen molar-refractivity contribution in [1.82, 2.24) is 20.1 Å². The van der Waals surface area contributed by atoms with E-state index in [2.05, 4.69) is 24.1 Å². The van der Waals surface area contributed by atoms with Crippen LogP contribution in [0, 0.1) is 5.92 Å². The zero-order valence-corrected chi connectivity index (χ0v) is 15.5. The number of carbonyl (C=O) groups is 2. The van der Waals surface area contributed by atoms with Crippen molar-refractivity contribution in [3.8, 4) is 5.88 Å². The van der Waals surface area contributed by atoms with Gasteiger partial charge in [0.2, 0.25) is 5.88 Å². The molecule has 1 unspecified atom stereocenters. The Hall–Kier alpha value is -2.31. The zero-order valence-electron chi connectivity index (χ0n) is 15.5. The van der Waals surface area contributed by atoms with Crippen molar-refractivity contribution in [2.75, 3.05) is 33.7 Å². The van der Waals surface area contributed by atoms with Gasteiger partial charge in [0.15, 0.2) is 0 Å². The molecule has 138 valence electrons. The molecule has 2 rings (SSSR count). The summed E-state index contributed by atoms with van der Waals surface area (Å²) in [6.45, 7) is 6.08. The first-order chi connectivity index (χ1) is 11.9. The summed E-state index contributed by atoms with van der Waals surface area (Å²) in [7, 11) is 3.38. The highest BCUT2D eigenvalue weighted by Gasteiger charge is 2.29. The molecule has 1 saturated heterocycles. The molecule has 1 aliphatic rings.